The maximum atomic E-state index is 12.7. The molecule has 136 valence electrons. The van der Waals surface area contributed by atoms with Gasteiger partial charge in [-0.25, -0.2) is 5.43 Å². The first-order chi connectivity index (χ1) is 11.5. The fraction of sp³-hybridized carbons (Fsp3) is 0.882. The van der Waals surface area contributed by atoms with E-state index in [1.807, 2.05) is 4.90 Å². The lowest BCUT2D eigenvalue weighted by Gasteiger charge is -2.46. The number of hydrazine groups is 1. The third-order valence-corrected chi connectivity index (χ3v) is 6.49. The number of hydrogen-bond acceptors (Lipinski definition) is 4. The van der Waals surface area contributed by atoms with Crippen LogP contribution in [-0.2, 0) is 9.59 Å². The Morgan fingerprint density at radius 3 is 2.71 bits per heavy atom. The molecule has 7 heteroatoms. The predicted molar refractivity (Wildman–Crippen MR) is 93.4 cm³/mol. The topological polar surface area (TPSA) is 64.7 Å². The number of nitrogens with zero attached hydrogens (tertiary/aromatic N) is 2. The van der Waals surface area contributed by atoms with Crippen LogP contribution >= 0.6 is 11.6 Å². The van der Waals surface area contributed by atoms with Gasteiger partial charge in [-0.1, -0.05) is 26.2 Å². The quantitative estimate of drug-likeness (QED) is 0.739. The molecule has 4 unspecified atom stereocenters. The minimum absolute atomic E-state index is 0.143. The number of carbonyl (C=O) groups is 2. The van der Waals surface area contributed by atoms with Crippen molar-refractivity contribution < 1.29 is 9.59 Å². The molecule has 6 nitrogen and oxygen atoms in total. The molecule has 2 N–H and O–H groups in total. The highest BCUT2D eigenvalue weighted by Gasteiger charge is 2.41. The Bertz CT molecular complexity index is 489. The lowest BCUT2D eigenvalue weighted by atomic mass is 9.80. The Labute approximate surface area is 149 Å². The highest BCUT2D eigenvalue weighted by Crippen LogP contribution is 2.31. The number of carbonyl (C=O) groups excluding carboxylic acids is 2. The molecule has 0 aromatic heterocycles. The summed E-state index contributed by atoms with van der Waals surface area (Å²) >= 11 is 6.27. The number of halogens is 1. The average Bonchev–Trinajstić information content (AvgIpc) is 2.55. The van der Waals surface area contributed by atoms with Gasteiger partial charge in [0.2, 0.25) is 5.91 Å². The third-order valence-electron chi connectivity index (χ3n) is 6.00. The maximum absolute atomic E-state index is 12.7. The third kappa shape index (κ3) is 3.70. The molecule has 2 aliphatic heterocycles. The molecule has 5 atom stereocenters. The van der Waals surface area contributed by atoms with Crippen LogP contribution in [0.4, 0.5) is 0 Å². The molecule has 1 aliphatic carbocycles. The van der Waals surface area contributed by atoms with Crippen molar-refractivity contribution in [1.29, 1.82) is 0 Å². The summed E-state index contributed by atoms with van der Waals surface area (Å²) in [4.78, 5) is 28.6. The Hall–Kier alpha value is -0.850. The van der Waals surface area contributed by atoms with E-state index in [4.69, 9.17) is 11.6 Å². The van der Waals surface area contributed by atoms with Crippen LogP contribution in [0.25, 0.3) is 0 Å². The van der Waals surface area contributed by atoms with Gasteiger partial charge in [-0.05, 0) is 25.2 Å². The minimum atomic E-state index is -0.619. The highest BCUT2D eigenvalue weighted by molar-refractivity contribution is 6.31. The molecule has 0 spiro atoms. The van der Waals surface area contributed by atoms with Crippen molar-refractivity contribution in [2.24, 2.45) is 11.8 Å². The van der Waals surface area contributed by atoms with Crippen molar-refractivity contribution in [3.63, 3.8) is 0 Å². The first kappa shape index (κ1) is 18.0. The highest BCUT2D eigenvalue weighted by atomic mass is 35.5. The van der Waals surface area contributed by atoms with Crippen molar-refractivity contribution in [2.45, 2.75) is 57.0 Å². The van der Waals surface area contributed by atoms with E-state index < -0.39 is 5.38 Å². The van der Waals surface area contributed by atoms with Crippen LogP contribution in [0.1, 0.15) is 39.5 Å². The Balaban J connectivity index is 1.61. The van der Waals surface area contributed by atoms with E-state index in [0.717, 1.165) is 13.1 Å². The summed E-state index contributed by atoms with van der Waals surface area (Å²) in [6.45, 7) is 6.97. The van der Waals surface area contributed by atoms with Crippen LogP contribution in [0.2, 0.25) is 0 Å². The summed E-state index contributed by atoms with van der Waals surface area (Å²) in [5.41, 5.74) is 5.43. The summed E-state index contributed by atoms with van der Waals surface area (Å²) in [6.07, 6.45) is 5.13. The summed E-state index contributed by atoms with van der Waals surface area (Å²) < 4.78 is 0. The van der Waals surface area contributed by atoms with E-state index >= 15 is 0 Å². The molecule has 1 saturated carbocycles. The molecule has 3 aliphatic rings. The van der Waals surface area contributed by atoms with Crippen molar-refractivity contribution >= 4 is 23.4 Å². The monoisotopic (exact) mass is 356 g/mol. The van der Waals surface area contributed by atoms with Gasteiger partial charge in [0.25, 0.3) is 5.91 Å². The number of rotatable bonds is 3. The van der Waals surface area contributed by atoms with Gasteiger partial charge < -0.3 is 4.90 Å². The number of piperazine rings is 1. The molecule has 3 rings (SSSR count). The van der Waals surface area contributed by atoms with Crippen LogP contribution in [0, 0.1) is 11.8 Å². The number of hydrogen-bond donors (Lipinski definition) is 2. The number of nitrogens with one attached hydrogen (secondary N) is 2. The van der Waals surface area contributed by atoms with Crippen molar-refractivity contribution in [2.75, 3.05) is 26.2 Å². The van der Waals surface area contributed by atoms with E-state index in [2.05, 4.69) is 29.6 Å². The minimum Gasteiger partial charge on any atom is -0.340 e. The molecule has 0 aromatic carbocycles. The van der Waals surface area contributed by atoms with Crippen LogP contribution in [-0.4, -0.2) is 65.3 Å². The van der Waals surface area contributed by atoms with E-state index in [1.54, 1.807) is 0 Å². The zero-order chi connectivity index (χ0) is 17.3. The summed E-state index contributed by atoms with van der Waals surface area (Å²) in [6, 6.07) is 0.0654. The zero-order valence-electron chi connectivity index (χ0n) is 14.6. The Morgan fingerprint density at radius 2 is 1.96 bits per heavy atom. The fourth-order valence-corrected chi connectivity index (χ4v) is 4.67. The Kier molecular flexibility index (Phi) is 5.67. The normalized spacial score (nSPS) is 39.0. The first-order valence-corrected chi connectivity index (χ1v) is 9.61. The summed E-state index contributed by atoms with van der Waals surface area (Å²) in [5.74, 6) is 1.29. The summed E-state index contributed by atoms with van der Waals surface area (Å²) in [7, 11) is 0. The lowest BCUT2D eigenvalue weighted by Crippen LogP contribution is -2.67. The van der Waals surface area contributed by atoms with Crippen molar-refractivity contribution in [1.82, 2.24) is 20.7 Å². The van der Waals surface area contributed by atoms with Gasteiger partial charge in [-0.15, -0.1) is 11.6 Å². The van der Waals surface area contributed by atoms with Crippen LogP contribution in [0.5, 0.6) is 0 Å². The fourth-order valence-electron chi connectivity index (χ4n) is 4.38. The molecule has 24 heavy (non-hydrogen) atoms. The summed E-state index contributed by atoms with van der Waals surface area (Å²) in [5, 5.41) is -0.619. The first-order valence-electron chi connectivity index (χ1n) is 9.17. The molecule has 0 aromatic rings. The second-order valence-electron chi connectivity index (χ2n) is 7.68. The molecule has 0 radical (unpaired) electrons. The lowest BCUT2D eigenvalue weighted by molar-refractivity contribution is -0.142. The average molecular weight is 357 g/mol. The largest absolute Gasteiger partial charge is 0.340 e. The molecule has 3 fully saturated rings. The molecule has 2 amide bonds. The van der Waals surface area contributed by atoms with Crippen molar-refractivity contribution in [3.05, 3.63) is 0 Å². The molecule has 2 heterocycles. The molecular formula is C17H29ClN4O2. The van der Waals surface area contributed by atoms with Gasteiger partial charge in [0, 0.05) is 25.7 Å². The smallest absolute Gasteiger partial charge is 0.253 e. The van der Waals surface area contributed by atoms with Gasteiger partial charge in [0.15, 0.2) is 0 Å². The van der Waals surface area contributed by atoms with Crippen molar-refractivity contribution in [3.8, 4) is 0 Å². The van der Waals surface area contributed by atoms with Gasteiger partial charge in [0.1, 0.15) is 5.38 Å². The maximum Gasteiger partial charge on any atom is 0.253 e. The Morgan fingerprint density at radius 1 is 1.21 bits per heavy atom. The molecule has 2 saturated heterocycles. The number of alkyl halides is 1. The standard InChI is InChI=1S/C17H29ClN4O2/c1-11-5-3-4-6-13(11)9-21-8-12(2)22(10-15(21)23)14-7-19-20-17(24)16(14)18/h11-14,16,19H,3-10H2,1-2H3,(H,20,24)/t11?,12-,13?,14?,16?/m1/s1. The van der Waals surface area contributed by atoms with Gasteiger partial charge in [0.05, 0.1) is 12.6 Å². The van der Waals surface area contributed by atoms with Gasteiger partial charge >= 0.3 is 0 Å². The number of amides is 2. The second kappa shape index (κ2) is 7.58. The second-order valence-corrected chi connectivity index (χ2v) is 8.15. The van der Waals surface area contributed by atoms with Crippen LogP contribution in [0.15, 0.2) is 0 Å². The molecular weight excluding hydrogens is 328 g/mol. The van der Waals surface area contributed by atoms with E-state index in [1.165, 1.54) is 25.7 Å². The van der Waals surface area contributed by atoms with Crippen LogP contribution < -0.4 is 10.9 Å². The van der Waals surface area contributed by atoms with Gasteiger partial charge in [-0.3, -0.25) is 19.9 Å². The predicted octanol–water partition coefficient (Wildman–Crippen LogP) is 0.956. The van der Waals surface area contributed by atoms with E-state index in [9.17, 15) is 9.59 Å². The van der Waals surface area contributed by atoms with Gasteiger partial charge in [-0.2, -0.15) is 0 Å². The van der Waals surface area contributed by atoms with E-state index in [0.29, 0.717) is 24.9 Å². The SMILES string of the molecule is CC1CCCCC1CN1C[C@@H](C)N(C2CNNC(=O)C2Cl)CC1=O. The zero-order valence-corrected chi connectivity index (χ0v) is 15.4. The van der Waals surface area contributed by atoms with Crippen LogP contribution in [0.3, 0.4) is 0 Å². The molecule has 0 bridgehead atoms. The van der Waals surface area contributed by atoms with E-state index in [-0.39, 0.29) is 23.9 Å².